The van der Waals surface area contributed by atoms with Crippen LogP contribution >= 0.6 is 22.9 Å². The number of rotatable bonds is 6. The van der Waals surface area contributed by atoms with Crippen LogP contribution < -0.4 is 14.3 Å². The zero-order chi connectivity index (χ0) is 23.9. The Morgan fingerprint density at radius 1 is 1.15 bits per heavy atom. The van der Waals surface area contributed by atoms with Crippen LogP contribution in [0.3, 0.4) is 0 Å². The highest BCUT2D eigenvalue weighted by molar-refractivity contribution is 7.89. The van der Waals surface area contributed by atoms with Crippen LogP contribution in [0, 0.1) is 0 Å². The van der Waals surface area contributed by atoms with Crippen molar-refractivity contribution in [3.8, 4) is 5.75 Å². The zero-order valence-corrected chi connectivity index (χ0v) is 20.8. The Hall–Kier alpha value is -2.65. The highest BCUT2D eigenvalue weighted by atomic mass is 35.5. The molecule has 4 aromatic rings. The SMILES string of the molecule is COc1ccc2c(c1)CCC[C@H]2NS(=O)(=O)c1ccc2c(c1)sc(=O)n2Cc1ccccc1Cl. The predicted molar refractivity (Wildman–Crippen MR) is 136 cm³/mol. The van der Waals surface area contributed by atoms with Gasteiger partial charge >= 0.3 is 4.87 Å². The number of aromatic nitrogens is 1. The average Bonchev–Trinajstić information content (AvgIpc) is 3.14. The monoisotopic (exact) mass is 514 g/mol. The van der Waals surface area contributed by atoms with Gasteiger partial charge in [0, 0.05) is 11.1 Å². The summed E-state index contributed by atoms with van der Waals surface area (Å²) in [5.74, 6) is 0.768. The van der Waals surface area contributed by atoms with Crippen LogP contribution in [0.4, 0.5) is 0 Å². The number of fused-ring (bicyclic) bond motifs is 2. The summed E-state index contributed by atoms with van der Waals surface area (Å²) in [6.45, 7) is 0.325. The van der Waals surface area contributed by atoms with Gasteiger partial charge in [0.1, 0.15) is 5.75 Å². The van der Waals surface area contributed by atoms with E-state index in [9.17, 15) is 13.2 Å². The van der Waals surface area contributed by atoms with E-state index in [2.05, 4.69) is 4.72 Å². The van der Waals surface area contributed by atoms with Crippen molar-refractivity contribution in [3.63, 3.8) is 0 Å². The second-order valence-electron chi connectivity index (χ2n) is 8.31. The lowest BCUT2D eigenvalue weighted by molar-refractivity contribution is 0.412. The van der Waals surface area contributed by atoms with E-state index in [1.807, 2.05) is 36.4 Å². The minimum atomic E-state index is -3.79. The molecule has 6 nitrogen and oxygen atoms in total. The number of sulfonamides is 1. The first-order valence-corrected chi connectivity index (χ1v) is 13.6. The predicted octanol–water partition coefficient (Wildman–Crippen LogP) is 5.13. The van der Waals surface area contributed by atoms with Crippen LogP contribution in [-0.2, 0) is 23.0 Å². The molecule has 0 amide bonds. The average molecular weight is 515 g/mol. The minimum absolute atomic E-state index is 0.145. The molecule has 0 spiro atoms. The van der Waals surface area contributed by atoms with Gasteiger partial charge in [-0.1, -0.05) is 47.2 Å². The van der Waals surface area contributed by atoms with E-state index in [1.165, 1.54) is 0 Å². The van der Waals surface area contributed by atoms with Crippen LogP contribution in [0.1, 0.15) is 35.6 Å². The van der Waals surface area contributed by atoms with Crippen molar-refractivity contribution < 1.29 is 13.2 Å². The number of thiazole rings is 1. The van der Waals surface area contributed by atoms with Crippen molar-refractivity contribution in [1.29, 1.82) is 0 Å². The normalized spacial score (nSPS) is 15.9. The van der Waals surface area contributed by atoms with Gasteiger partial charge in [-0.2, -0.15) is 0 Å². The molecule has 176 valence electrons. The Morgan fingerprint density at radius 2 is 1.97 bits per heavy atom. The molecular formula is C25H23ClN2O4S2. The van der Waals surface area contributed by atoms with E-state index in [1.54, 1.807) is 35.9 Å². The number of benzene rings is 3. The topological polar surface area (TPSA) is 77.4 Å². The summed E-state index contributed by atoms with van der Waals surface area (Å²) in [5, 5.41) is 0.586. The minimum Gasteiger partial charge on any atom is -0.497 e. The number of aryl methyl sites for hydroxylation is 1. The van der Waals surface area contributed by atoms with Gasteiger partial charge < -0.3 is 4.74 Å². The molecule has 1 aromatic heterocycles. The first kappa shape index (κ1) is 23.1. The Kier molecular flexibility index (Phi) is 6.24. The number of halogens is 1. The van der Waals surface area contributed by atoms with E-state index < -0.39 is 10.0 Å². The van der Waals surface area contributed by atoms with Crippen molar-refractivity contribution >= 4 is 43.2 Å². The summed E-state index contributed by atoms with van der Waals surface area (Å²) in [6.07, 6.45) is 2.50. The maximum absolute atomic E-state index is 13.3. The van der Waals surface area contributed by atoms with E-state index in [4.69, 9.17) is 16.3 Å². The second kappa shape index (κ2) is 9.19. The molecular weight excluding hydrogens is 492 g/mol. The van der Waals surface area contributed by atoms with Crippen LogP contribution in [-0.4, -0.2) is 20.1 Å². The Bertz CT molecular complexity index is 1540. The van der Waals surface area contributed by atoms with Gasteiger partial charge in [-0.05, 0) is 72.4 Å². The first-order valence-electron chi connectivity index (χ1n) is 10.9. The van der Waals surface area contributed by atoms with E-state index in [-0.39, 0.29) is 15.8 Å². The lowest BCUT2D eigenvalue weighted by Crippen LogP contribution is -2.31. The van der Waals surface area contributed by atoms with Crippen molar-refractivity contribution in [2.24, 2.45) is 0 Å². The molecule has 0 fully saturated rings. The molecule has 0 saturated heterocycles. The molecule has 0 aliphatic heterocycles. The molecule has 1 atom stereocenters. The van der Waals surface area contributed by atoms with Gasteiger partial charge in [0.25, 0.3) is 0 Å². The van der Waals surface area contributed by atoms with Crippen LogP contribution in [0.15, 0.2) is 70.4 Å². The quantitative estimate of drug-likeness (QED) is 0.387. The second-order valence-corrected chi connectivity index (χ2v) is 11.4. The Morgan fingerprint density at radius 3 is 2.76 bits per heavy atom. The summed E-state index contributed by atoms with van der Waals surface area (Å²) < 4.78 is 37.0. The lowest BCUT2D eigenvalue weighted by atomic mass is 9.88. The fourth-order valence-corrected chi connectivity index (χ4v) is 6.93. The maximum atomic E-state index is 13.3. The fraction of sp³-hybridized carbons (Fsp3) is 0.240. The van der Waals surface area contributed by atoms with Crippen molar-refractivity contribution in [1.82, 2.24) is 9.29 Å². The molecule has 1 heterocycles. The summed E-state index contributed by atoms with van der Waals surface area (Å²) in [4.78, 5) is 12.7. The Labute approximate surface area is 206 Å². The zero-order valence-electron chi connectivity index (χ0n) is 18.5. The summed E-state index contributed by atoms with van der Waals surface area (Å²) in [6, 6.07) is 17.6. The molecule has 0 bridgehead atoms. The fourth-order valence-electron chi connectivity index (χ4n) is 4.46. The van der Waals surface area contributed by atoms with Crippen LogP contribution in [0.25, 0.3) is 10.2 Å². The number of ether oxygens (including phenoxy) is 1. The first-order chi connectivity index (χ1) is 16.4. The highest BCUT2D eigenvalue weighted by Gasteiger charge is 2.26. The van der Waals surface area contributed by atoms with Gasteiger partial charge in [0.15, 0.2) is 0 Å². The third-order valence-corrected chi connectivity index (χ3v) is 8.98. The number of nitrogens with zero attached hydrogens (tertiary/aromatic N) is 1. The van der Waals surface area contributed by atoms with E-state index in [0.29, 0.717) is 21.8 Å². The molecule has 3 aromatic carbocycles. The number of nitrogens with one attached hydrogen (secondary N) is 1. The molecule has 0 unspecified atom stereocenters. The standard InChI is InChI=1S/C25H23ClN2O4S2/c1-32-18-9-11-20-16(13-18)6-4-8-22(20)27-34(30,31)19-10-12-23-24(14-19)33-25(29)28(23)15-17-5-2-3-7-21(17)26/h2-3,5,7,9-14,22,27H,4,6,8,15H2,1H3/t22-/m1/s1. The molecule has 34 heavy (non-hydrogen) atoms. The van der Waals surface area contributed by atoms with Crippen LogP contribution in [0.2, 0.25) is 5.02 Å². The van der Waals surface area contributed by atoms with Gasteiger partial charge in [0.2, 0.25) is 10.0 Å². The highest BCUT2D eigenvalue weighted by Crippen LogP contribution is 2.33. The smallest absolute Gasteiger partial charge is 0.308 e. The van der Waals surface area contributed by atoms with Gasteiger partial charge in [-0.3, -0.25) is 9.36 Å². The van der Waals surface area contributed by atoms with Gasteiger partial charge in [0.05, 0.1) is 28.8 Å². The molecule has 0 saturated carbocycles. The van der Waals surface area contributed by atoms with Crippen molar-refractivity contribution in [2.75, 3.05) is 7.11 Å². The third kappa shape index (κ3) is 4.38. The maximum Gasteiger partial charge on any atom is 0.308 e. The van der Waals surface area contributed by atoms with Crippen molar-refractivity contribution in [2.45, 2.75) is 36.7 Å². The molecule has 5 rings (SSSR count). The number of methoxy groups -OCH3 is 1. The summed E-state index contributed by atoms with van der Waals surface area (Å²) in [5.41, 5.74) is 3.59. The number of hydrogen-bond donors (Lipinski definition) is 1. The molecule has 1 aliphatic carbocycles. The summed E-state index contributed by atoms with van der Waals surface area (Å²) in [7, 11) is -2.16. The van der Waals surface area contributed by atoms with E-state index >= 15 is 0 Å². The lowest BCUT2D eigenvalue weighted by Gasteiger charge is -2.26. The molecule has 1 aliphatic rings. The van der Waals surface area contributed by atoms with Crippen LogP contribution in [0.5, 0.6) is 5.75 Å². The molecule has 0 radical (unpaired) electrons. The molecule has 1 N–H and O–H groups in total. The van der Waals surface area contributed by atoms with Gasteiger partial charge in [-0.25, -0.2) is 13.1 Å². The third-order valence-electron chi connectivity index (χ3n) is 6.20. The number of hydrogen-bond acceptors (Lipinski definition) is 5. The molecule has 9 heteroatoms. The van der Waals surface area contributed by atoms with E-state index in [0.717, 1.165) is 53.0 Å². The van der Waals surface area contributed by atoms with Crippen molar-refractivity contribution in [3.05, 3.63) is 92.0 Å². The van der Waals surface area contributed by atoms with Gasteiger partial charge in [-0.15, -0.1) is 0 Å². The Balaban J connectivity index is 1.45. The largest absolute Gasteiger partial charge is 0.497 e. The summed E-state index contributed by atoms with van der Waals surface area (Å²) >= 11 is 7.30.